The number of nitrogens with one attached hydrogen (secondary N) is 3. The maximum Gasteiger partial charge on any atom is 0.421 e. The largest absolute Gasteiger partial charge is 0.495 e. The van der Waals surface area contributed by atoms with Crippen molar-refractivity contribution in [3.63, 3.8) is 0 Å². The number of benzene rings is 1. The summed E-state index contributed by atoms with van der Waals surface area (Å²) < 4.78 is 66.3. The number of methoxy groups -OCH3 is 1. The second kappa shape index (κ2) is 14.9. The zero-order chi connectivity index (χ0) is 34.4. The molecule has 0 aliphatic carbocycles. The lowest BCUT2D eigenvalue weighted by atomic mass is 10.1. The standard InChI is InChI=1S/C29H34F3N8O6P/c1-5-46-47(43,44)16-18-7-8-22(24(13-18)45-4)37-28-34-14-20(29(30,31)32)26(38-28)36-23-10-9-21(35-25(23)27(42)33-3)19-15-40(11-6-12-41)39-17(19)2/h7-10,13-15,41H,5-6,11-12,16H2,1-4H3,(H,33,42)(H,43,44)(H2,34,36,37,38). The van der Waals surface area contributed by atoms with Crippen LogP contribution in [0.1, 0.15) is 40.7 Å². The summed E-state index contributed by atoms with van der Waals surface area (Å²) in [7, 11) is -1.18. The highest BCUT2D eigenvalue weighted by molar-refractivity contribution is 7.51. The van der Waals surface area contributed by atoms with E-state index in [1.54, 1.807) is 24.7 Å². The highest BCUT2D eigenvalue weighted by Crippen LogP contribution is 2.46. The summed E-state index contributed by atoms with van der Waals surface area (Å²) in [6, 6.07) is 7.45. The van der Waals surface area contributed by atoms with Crippen LogP contribution in [0.5, 0.6) is 5.75 Å². The Kier molecular flexibility index (Phi) is 11.2. The van der Waals surface area contributed by atoms with Crippen molar-refractivity contribution in [3.8, 4) is 17.0 Å². The van der Waals surface area contributed by atoms with Crippen molar-refractivity contribution in [2.24, 2.45) is 0 Å². The number of anilines is 4. The van der Waals surface area contributed by atoms with E-state index in [4.69, 9.17) is 14.4 Å². The number of aliphatic hydroxyl groups is 1. The van der Waals surface area contributed by atoms with Crippen LogP contribution in [0.15, 0.2) is 42.7 Å². The monoisotopic (exact) mass is 678 g/mol. The lowest BCUT2D eigenvalue weighted by molar-refractivity contribution is -0.137. The van der Waals surface area contributed by atoms with Crippen LogP contribution in [-0.2, 0) is 28.0 Å². The van der Waals surface area contributed by atoms with Crippen molar-refractivity contribution >= 4 is 36.6 Å². The highest BCUT2D eigenvalue weighted by atomic mass is 31.2. The number of aromatic nitrogens is 5. The molecule has 1 unspecified atom stereocenters. The average molecular weight is 679 g/mol. The highest BCUT2D eigenvalue weighted by Gasteiger charge is 2.36. The van der Waals surface area contributed by atoms with Gasteiger partial charge in [0.1, 0.15) is 17.1 Å². The molecule has 252 valence electrons. The van der Waals surface area contributed by atoms with Crippen LogP contribution >= 0.6 is 7.60 Å². The number of amides is 1. The van der Waals surface area contributed by atoms with E-state index in [-0.39, 0.29) is 48.1 Å². The van der Waals surface area contributed by atoms with Gasteiger partial charge < -0.3 is 35.2 Å². The molecule has 14 nitrogen and oxygen atoms in total. The van der Waals surface area contributed by atoms with Gasteiger partial charge in [0.2, 0.25) is 5.95 Å². The molecule has 4 rings (SSSR count). The summed E-state index contributed by atoms with van der Waals surface area (Å²) >= 11 is 0. The van der Waals surface area contributed by atoms with Crippen molar-refractivity contribution in [3.05, 3.63) is 65.2 Å². The Balaban J connectivity index is 1.69. The number of alkyl halides is 3. The maximum absolute atomic E-state index is 14.1. The summed E-state index contributed by atoms with van der Waals surface area (Å²) in [6.07, 6.45) is -2.36. The molecule has 0 fully saturated rings. The fourth-order valence-corrected chi connectivity index (χ4v) is 5.68. The number of halogens is 3. The van der Waals surface area contributed by atoms with E-state index in [9.17, 15) is 27.4 Å². The molecule has 0 bridgehead atoms. The quantitative estimate of drug-likeness (QED) is 0.112. The van der Waals surface area contributed by atoms with Gasteiger partial charge in [-0.3, -0.25) is 14.0 Å². The van der Waals surface area contributed by atoms with Gasteiger partial charge in [-0.1, -0.05) is 6.07 Å². The number of hydrogen-bond donors (Lipinski definition) is 5. The number of carbonyl (C=O) groups excluding carboxylic acids is 1. The van der Waals surface area contributed by atoms with Crippen LogP contribution in [0.25, 0.3) is 11.3 Å². The van der Waals surface area contributed by atoms with Gasteiger partial charge in [0, 0.05) is 38.2 Å². The number of ether oxygens (including phenoxy) is 1. The van der Waals surface area contributed by atoms with Crippen LogP contribution in [0, 0.1) is 6.92 Å². The second-order valence-corrected chi connectivity index (χ2v) is 11.9. The summed E-state index contributed by atoms with van der Waals surface area (Å²) in [5, 5.41) is 21.4. The lowest BCUT2D eigenvalue weighted by Gasteiger charge is -2.17. The topological polar surface area (TPSA) is 186 Å². The smallest absolute Gasteiger partial charge is 0.421 e. The van der Waals surface area contributed by atoms with Crippen molar-refractivity contribution in [2.75, 3.05) is 38.0 Å². The zero-order valence-electron chi connectivity index (χ0n) is 25.9. The number of nitrogens with zero attached hydrogens (tertiary/aromatic N) is 5. The molecule has 1 amide bonds. The van der Waals surface area contributed by atoms with E-state index in [1.807, 2.05) is 0 Å². The molecule has 0 radical (unpaired) electrons. The van der Waals surface area contributed by atoms with Gasteiger partial charge in [-0.2, -0.15) is 23.3 Å². The minimum Gasteiger partial charge on any atom is -0.495 e. The Bertz CT molecular complexity index is 1790. The number of aryl methyl sites for hydroxylation is 2. The van der Waals surface area contributed by atoms with E-state index in [0.29, 0.717) is 41.7 Å². The molecule has 0 aliphatic heterocycles. The Morgan fingerprint density at radius 1 is 1.13 bits per heavy atom. The normalized spacial score (nSPS) is 12.8. The minimum absolute atomic E-state index is 0.0165. The molecule has 0 saturated carbocycles. The molecule has 0 aliphatic rings. The van der Waals surface area contributed by atoms with Crippen molar-refractivity contribution in [2.45, 2.75) is 39.2 Å². The first-order valence-corrected chi connectivity index (χ1v) is 16.0. The van der Waals surface area contributed by atoms with Crippen molar-refractivity contribution in [1.29, 1.82) is 0 Å². The van der Waals surface area contributed by atoms with Gasteiger partial charge in [0.05, 0.1) is 42.6 Å². The summed E-state index contributed by atoms with van der Waals surface area (Å²) in [6.45, 7) is 3.83. The number of carbonyl (C=O) groups is 1. The van der Waals surface area contributed by atoms with Crippen LogP contribution in [0.2, 0.25) is 0 Å². The van der Waals surface area contributed by atoms with E-state index in [0.717, 1.165) is 0 Å². The van der Waals surface area contributed by atoms with Crippen LogP contribution in [-0.4, -0.2) is 68.0 Å². The van der Waals surface area contributed by atoms with E-state index in [2.05, 4.69) is 36.0 Å². The van der Waals surface area contributed by atoms with Crippen LogP contribution in [0.4, 0.5) is 36.3 Å². The first-order valence-electron chi connectivity index (χ1n) is 14.3. The first kappa shape index (κ1) is 35.3. The number of pyridine rings is 1. The van der Waals surface area contributed by atoms with E-state index < -0.39 is 31.1 Å². The third-order valence-corrected chi connectivity index (χ3v) is 8.10. The van der Waals surface area contributed by atoms with Crippen LogP contribution < -0.4 is 20.7 Å². The molecule has 3 aromatic heterocycles. The van der Waals surface area contributed by atoms with Gasteiger partial charge >= 0.3 is 13.8 Å². The van der Waals surface area contributed by atoms with Gasteiger partial charge in [-0.15, -0.1) is 0 Å². The molecule has 1 atom stereocenters. The summed E-state index contributed by atoms with van der Waals surface area (Å²) in [4.78, 5) is 35.2. The fourth-order valence-electron chi connectivity index (χ4n) is 4.53. The third kappa shape index (κ3) is 8.83. The SMILES string of the molecule is CCOP(=O)(O)Cc1ccc(Nc2ncc(C(F)(F)F)c(Nc3ccc(-c4cn(CCCO)nc4C)nc3C(=O)NC)n2)c(OC)c1. The molecule has 3 heterocycles. The van der Waals surface area contributed by atoms with Gasteiger partial charge in [0.15, 0.2) is 5.69 Å². The number of hydrogen-bond acceptors (Lipinski definition) is 11. The average Bonchev–Trinajstić information content (AvgIpc) is 3.39. The molecule has 4 aromatic rings. The fraction of sp³-hybridized carbons (Fsp3) is 0.345. The number of aliphatic hydroxyl groups excluding tert-OH is 1. The Morgan fingerprint density at radius 2 is 1.87 bits per heavy atom. The Morgan fingerprint density at radius 3 is 2.53 bits per heavy atom. The molecule has 5 N–H and O–H groups in total. The van der Waals surface area contributed by atoms with Crippen molar-refractivity contribution in [1.82, 2.24) is 30.0 Å². The molecule has 0 saturated heterocycles. The summed E-state index contributed by atoms with van der Waals surface area (Å²) in [5.41, 5.74) is 0.797. The lowest BCUT2D eigenvalue weighted by Crippen LogP contribution is -2.21. The molecular formula is C29H34F3N8O6P. The second-order valence-electron chi connectivity index (χ2n) is 10.1. The minimum atomic E-state index is -4.86. The zero-order valence-corrected chi connectivity index (χ0v) is 26.8. The van der Waals surface area contributed by atoms with Gasteiger partial charge in [-0.25, -0.2) is 9.97 Å². The Hall–Kier alpha value is -4.57. The molecule has 0 spiro atoms. The van der Waals surface area contributed by atoms with E-state index in [1.165, 1.54) is 44.5 Å². The summed E-state index contributed by atoms with van der Waals surface area (Å²) in [5.74, 6) is -1.36. The molecule has 47 heavy (non-hydrogen) atoms. The van der Waals surface area contributed by atoms with Crippen molar-refractivity contribution < 1.29 is 41.8 Å². The van der Waals surface area contributed by atoms with Crippen LogP contribution in [0.3, 0.4) is 0 Å². The first-order chi connectivity index (χ1) is 22.3. The molecule has 1 aromatic carbocycles. The number of rotatable bonds is 14. The molecule has 18 heteroatoms. The Labute approximate surface area is 267 Å². The van der Waals surface area contributed by atoms with Gasteiger partial charge in [0.25, 0.3) is 5.91 Å². The van der Waals surface area contributed by atoms with Gasteiger partial charge in [-0.05, 0) is 50.1 Å². The molecular weight excluding hydrogens is 644 g/mol. The predicted octanol–water partition coefficient (Wildman–Crippen LogP) is 5.02. The maximum atomic E-state index is 14.1. The van der Waals surface area contributed by atoms with E-state index >= 15 is 0 Å². The third-order valence-electron chi connectivity index (χ3n) is 6.68. The predicted molar refractivity (Wildman–Crippen MR) is 167 cm³/mol.